The van der Waals surface area contributed by atoms with Crippen LogP contribution in [-0.4, -0.2) is 4.92 Å². The number of nitrogens with one attached hydrogen (secondary N) is 1. The van der Waals surface area contributed by atoms with Gasteiger partial charge in [0.25, 0.3) is 5.69 Å². The van der Waals surface area contributed by atoms with Gasteiger partial charge < -0.3 is 5.32 Å². The first-order valence-corrected chi connectivity index (χ1v) is 7.17. The summed E-state index contributed by atoms with van der Waals surface area (Å²) in [7, 11) is 0. The zero-order valence-electron chi connectivity index (χ0n) is 10.1. The summed E-state index contributed by atoms with van der Waals surface area (Å²) >= 11 is 6.58. The second-order valence-corrected chi connectivity index (χ2v) is 5.78. The molecule has 104 valence electrons. The Kier molecular flexibility index (Phi) is 4.72. The lowest BCUT2D eigenvalue weighted by atomic mass is 10.2. The Morgan fingerprint density at radius 3 is 2.65 bits per heavy atom. The number of nitrogens with zero attached hydrogens (tertiary/aromatic N) is 1. The first-order chi connectivity index (χ1) is 9.47. The molecule has 2 rings (SSSR count). The molecule has 0 aliphatic rings. The SMILES string of the molecule is O=[N+]([O-])c1ccc(Br)cc1NCc1cc(F)ccc1Br. The van der Waals surface area contributed by atoms with Gasteiger partial charge in [0, 0.05) is 21.6 Å². The van der Waals surface area contributed by atoms with Gasteiger partial charge in [-0.2, -0.15) is 0 Å². The van der Waals surface area contributed by atoms with Crippen LogP contribution >= 0.6 is 31.9 Å². The maximum Gasteiger partial charge on any atom is 0.292 e. The maximum absolute atomic E-state index is 13.2. The highest BCUT2D eigenvalue weighted by Crippen LogP contribution is 2.29. The van der Waals surface area contributed by atoms with Crippen molar-refractivity contribution in [3.8, 4) is 0 Å². The minimum Gasteiger partial charge on any atom is -0.375 e. The molecule has 0 unspecified atom stereocenters. The third kappa shape index (κ3) is 3.55. The second-order valence-electron chi connectivity index (χ2n) is 4.01. The van der Waals surface area contributed by atoms with Crippen LogP contribution in [-0.2, 0) is 6.54 Å². The summed E-state index contributed by atoms with van der Waals surface area (Å²) in [6.07, 6.45) is 0. The molecule has 0 saturated heterocycles. The minimum atomic E-state index is -0.463. The fourth-order valence-corrected chi connectivity index (χ4v) is 2.43. The van der Waals surface area contributed by atoms with Crippen molar-refractivity contribution in [1.82, 2.24) is 0 Å². The molecule has 0 spiro atoms. The molecule has 0 bridgehead atoms. The van der Waals surface area contributed by atoms with Crippen LogP contribution in [0, 0.1) is 15.9 Å². The van der Waals surface area contributed by atoms with E-state index in [4.69, 9.17) is 0 Å². The van der Waals surface area contributed by atoms with Crippen molar-refractivity contribution in [3.63, 3.8) is 0 Å². The van der Waals surface area contributed by atoms with Gasteiger partial charge in [-0.15, -0.1) is 0 Å². The van der Waals surface area contributed by atoms with Crippen LogP contribution in [0.5, 0.6) is 0 Å². The molecule has 0 atom stereocenters. The number of nitro benzene ring substituents is 1. The molecule has 1 N–H and O–H groups in total. The third-order valence-corrected chi connectivity index (χ3v) is 3.90. The van der Waals surface area contributed by atoms with Gasteiger partial charge >= 0.3 is 0 Å². The first kappa shape index (κ1) is 14.9. The summed E-state index contributed by atoms with van der Waals surface area (Å²) in [5, 5.41) is 13.9. The van der Waals surface area contributed by atoms with E-state index in [0.717, 1.165) is 8.95 Å². The Labute approximate surface area is 131 Å². The van der Waals surface area contributed by atoms with E-state index in [2.05, 4.69) is 37.2 Å². The van der Waals surface area contributed by atoms with E-state index in [0.29, 0.717) is 11.3 Å². The van der Waals surface area contributed by atoms with Crippen molar-refractivity contribution in [2.75, 3.05) is 5.32 Å². The number of hydrogen-bond donors (Lipinski definition) is 1. The van der Waals surface area contributed by atoms with E-state index >= 15 is 0 Å². The van der Waals surface area contributed by atoms with E-state index in [9.17, 15) is 14.5 Å². The molecular weight excluding hydrogens is 395 g/mol. The molecule has 0 aromatic heterocycles. The fraction of sp³-hybridized carbons (Fsp3) is 0.0769. The van der Waals surface area contributed by atoms with Gasteiger partial charge in [0.2, 0.25) is 0 Å². The van der Waals surface area contributed by atoms with Crippen LogP contribution in [0.15, 0.2) is 45.3 Å². The molecule has 0 amide bonds. The number of halogens is 3. The lowest BCUT2D eigenvalue weighted by molar-refractivity contribution is -0.384. The van der Waals surface area contributed by atoms with Crippen molar-refractivity contribution in [2.24, 2.45) is 0 Å². The quantitative estimate of drug-likeness (QED) is 0.585. The Hall–Kier alpha value is -1.47. The van der Waals surface area contributed by atoms with E-state index in [1.807, 2.05) is 0 Å². The molecule has 2 aromatic carbocycles. The van der Waals surface area contributed by atoms with Gasteiger partial charge in [0.1, 0.15) is 11.5 Å². The van der Waals surface area contributed by atoms with Crippen molar-refractivity contribution >= 4 is 43.2 Å². The second kappa shape index (κ2) is 6.32. The average Bonchev–Trinajstić information content (AvgIpc) is 2.39. The highest BCUT2D eigenvalue weighted by Gasteiger charge is 2.14. The number of hydrogen-bond acceptors (Lipinski definition) is 3. The van der Waals surface area contributed by atoms with Crippen LogP contribution in [0.25, 0.3) is 0 Å². The van der Waals surface area contributed by atoms with Crippen LogP contribution in [0.2, 0.25) is 0 Å². The fourth-order valence-electron chi connectivity index (χ4n) is 1.68. The monoisotopic (exact) mass is 402 g/mol. The topological polar surface area (TPSA) is 55.2 Å². The van der Waals surface area contributed by atoms with Gasteiger partial charge in [-0.1, -0.05) is 31.9 Å². The van der Waals surface area contributed by atoms with Gasteiger partial charge in [0.05, 0.1) is 4.92 Å². The summed E-state index contributed by atoms with van der Waals surface area (Å²) in [6.45, 7) is 0.273. The van der Waals surface area contributed by atoms with Gasteiger partial charge in [-0.25, -0.2) is 4.39 Å². The largest absolute Gasteiger partial charge is 0.375 e. The summed E-state index contributed by atoms with van der Waals surface area (Å²) in [5.74, 6) is -0.353. The van der Waals surface area contributed by atoms with Crippen molar-refractivity contribution in [3.05, 3.63) is 66.8 Å². The van der Waals surface area contributed by atoms with Crippen molar-refractivity contribution in [2.45, 2.75) is 6.54 Å². The summed E-state index contributed by atoms with van der Waals surface area (Å²) in [5.41, 5.74) is 1.03. The van der Waals surface area contributed by atoms with E-state index < -0.39 is 4.92 Å². The van der Waals surface area contributed by atoms with Crippen molar-refractivity contribution < 1.29 is 9.31 Å². The smallest absolute Gasteiger partial charge is 0.292 e. The molecule has 7 heteroatoms. The third-order valence-electron chi connectivity index (χ3n) is 2.63. The lowest BCUT2D eigenvalue weighted by Gasteiger charge is -2.09. The predicted molar refractivity (Wildman–Crippen MR) is 82.2 cm³/mol. The van der Waals surface area contributed by atoms with Gasteiger partial charge in [-0.3, -0.25) is 10.1 Å². The van der Waals surface area contributed by atoms with E-state index in [1.165, 1.54) is 18.2 Å². The number of anilines is 1. The molecule has 0 saturated carbocycles. The van der Waals surface area contributed by atoms with Gasteiger partial charge in [0.15, 0.2) is 0 Å². The molecule has 20 heavy (non-hydrogen) atoms. The molecule has 2 aromatic rings. The Morgan fingerprint density at radius 2 is 1.95 bits per heavy atom. The van der Waals surface area contributed by atoms with Crippen LogP contribution in [0.4, 0.5) is 15.8 Å². The zero-order chi connectivity index (χ0) is 14.7. The summed E-state index contributed by atoms with van der Waals surface area (Å²) in [6, 6.07) is 8.94. The van der Waals surface area contributed by atoms with E-state index in [1.54, 1.807) is 18.2 Å². The standard InChI is InChI=1S/C13H9Br2FN2O2/c14-9-1-4-13(18(19)20)12(6-9)17-7-8-5-10(16)2-3-11(8)15/h1-6,17H,7H2. The molecular formula is C13H9Br2FN2O2. The van der Waals surface area contributed by atoms with Crippen LogP contribution in [0.3, 0.4) is 0 Å². The van der Waals surface area contributed by atoms with Gasteiger partial charge in [-0.05, 0) is 35.9 Å². The van der Waals surface area contributed by atoms with E-state index in [-0.39, 0.29) is 18.0 Å². The van der Waals surface area contributed by atoms with Crippen LogP contribution in [0.1, 0.15) is 5.56 Å². The maximum atomic E-state index is 13.2. The highest BCUT2D eigenvalue weighted by molar-refractivity contribution is 9.10. The molecule has 0 aliphatic heterocycles. The molecule has 0 aliphatic carbocycles. The van der Waals surface area contributed by atoms with Crippen LogP contribution < -0.4 is 5.32 Å². The number of rotatable bonds is 4. The minimum absolute atomic E-state index is 0.0271. The summed E-state index contributed by atoms with van der Waals surface area (Å²) in [4.78, 5) is 10.5. The zero-order valence-corrected chi connectivity index (χ0v) is 13.2. The average molecular weight is 404 g/mol. The first-order valence-electron chi connectivity index (χ1n) is 5.59. The Balaban J connectivity index is 2.24. The molecule has 4 nitrogen and oxygen atoms in total. The Morgan fingerprint density at radius 1 is 1.20 bits per heavy atom. The summed E-state index contributed by atoms with van der Waals surface area (Å²) < 4.78 is 14.6. The lowest BCUT2D eigenvalue weighted by Crippen LogP contribution is -2.03. The molecule has 0 radical (unpaired) electrons. The number of nitro groups is 1. The van der Waals surface area contributed by atoms with Crippen molar-refractivity contribution in [1.29, 1.82) is 0 Å². The molecule has 0 fully saturated rings. The number of benzene rings is 2. The highest BCUT2D eigenvalue weighted by atomic mass is 79.9. The normalized spacial score (nSPS) is 10.3. The molecule has 0 heterocycles. The predicted octanol–water partition coefficient (Wildman–Crippen LogP) is 4.87. The Bertz CT molecular complexity index is 665.